The highest BCUT2D eigenvalue weighted by molar-refractivity contribution is 6.02. The van der Waals surface area contributed by atoms with Crippen LogP contribution in [0, 0.1) is 17.5 Å². The molecule has 0 aliphatic heterocycles. The van der Waals surface area contributed by atoms with Crippen LogP contribution < -0.4 is 10.6 Å². The molecule has 1 amide bonds. The van der Waals surface area contributed by atoms with Crippen LogP contribution in [-0.2, 0) is 0 Å². The average Bonchev–Trinajstić information content (AvgIpc) is 2.43. The third-order valence-corrected chi connectivity index (χ3v) is 2.50. The predicted octanol–water partition coefficient (Wildman–Crippen LogP) is 2.58. The molecule has 0 spiro atoms. The van der Waals surface area contributed by atoms with Gasteiger partial charge >= 0.3 is 0 Å². The lowest BCUT2D eigenvalue weighted by atomic mass is 10.2. The summed E-state index contributed by atoms with van der Waals surface area (Å²) in [6, 6.07) is 3.79. The maximum atomic E-state index is 13.4. The van der Waals surface area contributed by atoms with E-state index in [1.165, 1.54) is 12.1 Å². The quantitative estimate of drug-likeness (QED) is 0.910. The van der Waals surface area contributed by atoms with Gasteiger partial charge in [-0.3, -0.25) is 4.79 Å². The first-order valence-electron chi connectivity index (χ1n) is 6.04. The van der Waals surface area contributed by atoms with Crippen molar-refractivity contribution in [2.45, 2.75) is 6.92 Å². The minimum atomic E-state index is -1.21. The molecule has 0 unspecified atom stereocenters. The Kier molecular flexibility index (Phi) is 4.36. The van der Waals surface area contributed by atoms with Crippen molar-refractivity contribution in [3.63, 3.8) is 0 Å². The molecule has 2 rings (SSSR count). The van der Waals surface area contributed by atoms with Crippen LogP contribution in [-0.4, -0.2) is 22.6 Å². The number of anilines is 2. The minimum absolute atomic E-state index is 0.125. The van der Waals surface area contributed by atoms with Gasteiger partial charge in [0.25, 0.3) is 5.91 Å². The number of halogens is 3. The van der Waals surface area contributed by atoms with Gasteiger partial charge in [-0.2, -0.15) is 0 Å². The van der Waals surface area contributed by atoms with Crippen molar-refractivity contribution in [2.24, 2.45) is 0 Å². The molecule has 0 bridgehead atoms. The van der Waals surface area contributed by atoms with Gasteiger partial charge in [0.2, 0.25) is 0 Å². The van der Waals surface area contributed by atoms with E-state index < -0.39 is 29.0 Å². The SMILES string of the molecule is CCNc1ccc(C(=O)Nc2c(F)cc(F)cc2F)nn1. The Morgan fingerprint density at radius 1 is 1.14 bits per heavy atom. The number of hydrogen-bond acceptors (Lipinski definition) is 4. The number of aromatic nitrogens is 2. The molecular weight excluding hydrogens is 285 g/mol. The second-order valence-electron chi connectivity index (χ2n) is 4.03. The van der Waals surface area contributed by atoms with Gasteiger partial charge in [0, 0.05) is 18.7 Å². The molecule has 1 aromatic carbocycles. The van der Waals surface area contributed by atoms with E-state index in [1.54, 1.807) is 0 Å². The Labute approximate surface area is 118 Å². The molecule has 0 saturated carbocycles. The average molecular weight is 296 g/mol. The molecular formula is C13H11F3N4O. The molecule has 8 heteroatoms. The minimum Gasteiger partial charge on any atom is -0.369 e. The number of nitrogens with one attached hydrogen (secondary N) is 2. The van der Waals surface area contributed by atoms with Gasteiger partial charge < -0.3 is 10.6 Å². The summed E-state index contributed by atoms with van der Waals surface area (Å²) in [7, 11) is 0. The van der Waals surface area contributed by atoms with Crippen molar-refractivity contribution >= 4 is 17.4 Å². The zero-order chi connectivity index (χ0) is 15.4. The van der Waals surface area contributed by atoms with E-state index in [2.05, 4.69) is 15.5 Å². The molecule has 0 radical (unpaired) electrons. The number of benzene rings is 1. The third kappa shape index (κ3) is 3.47. The van der Waals surface area contributed by atoms with Crippen LogP contribution in [0.25, 0.3) is 0 Å². The van der Waals surface area contributed by atoms with Crippen molar-refractivity contribution in [3.8, 4) is 0 Å². The molecule has 5 nitrogen and oxygen atoms in total. The Bertz CT molecular complexity index is 638. The Morgan fingerprint density at radius 3 is 2.33 bits per heavy atom. The van der Waals surface area contributed by atoms with Crippen LogP contribution in [0.5, 0.6) is 0 Å². The monoisotopic (exact) mass is 296 g/mol. The highest BCUT2D eigenvalue weighted by Crippen LogP contribution is 2.20. The molecule has 1 aromatic heterocycles. The number of rotatable bonds is 4. The summed E-state index contributed by atoms with van der Waals surface area (Å²) in [5.74, 6) is -3.88. The van der Waals surface area contributed by atoms with Crippen LogP contribution in [0.4, 0.5) is 24.7 Å². The van der Waals surface area contributed by atoms with E-state index in [-0.39, 0.29) is 5.69 Å². The lowest BCUT2D eigenvalue weighted by Gasteiger charge is -2.07. The third-order valence-electron chi connectivity index (χ3n) is 2.50. The fourth-order valence-electron chi connectivity index (χ4n) is 1.57. The maximum absolute atomic E-state index is 13.4. The van der Waals surface area contributed by atoms with Gasteiger partial charge in [0.15, 0.2) is 17.3 Å². The summed E-state index contributed by atoms with van der Waals surface area (Å²) in [5.41, 5.74) is -0.862. The van der Waals surface area contributed by atoms with Crippen LogP contribution >= 0.6 is 0 Å². The van der Waals surface area contributed by atoms with Gasteiger partial charge in [0.1, 0.15) is 17.3 Å². The molecule has 0 fully saturated rings. The van der Waals surface area contributed by atoms with Crippen LogP contribution in [0.15, 0.2) is 24.3 Å². The molecule has 2 aromatic rings. The van der Waals surface area contributed by atoms with Crippen LogP contribution in [0.2, 0.25) is 0 Å². The van der Waals surface area contributed by atoms with Gasteiger partial charge in [0.05, 0.1) is 0 Å². The lowest BCUT2D eigenvalue weighted by molar-refractivity contribution is 0.102. The van der Waals surface area contributed by atoms with Crippen LogP contribution in [0.1, 0.15) is 17.4 Å². The van der Waals surface area contributed by atoms with Crippen molar-refractivity contribution in [1.82, 2.24) is 10.2 Å². The van der Waals surface area contributed by atoms with E-state index in [0.29, 0.717) is 24.5 Å². The largest absolute Gasteiger partial charge is 0.369 e. The topological polar surface area (TPSA) is 66.9 Å². The lowest BCUT2D eigenvalue weighted by Crippen LogP contribution is -2.17. The van der Waals surface area contributed by atoms with Gasteiger partial charge in [-0.05, 0) is 19.1 Å². The Morgan fingerprint density at radius 2 is 1.81 bits per heavy atom. The standard InChI is InChI=1S/C13H11F3N4O/c1-2-17-11-4-3-10(19-20-11)13(21)18-12-8(15)5-7(14)6-9(12)16/h3-6H,2H2,1H3,(H,17,20)(H,18,21). The number of carbonyl (C=O) groups excluding carboxylic acids is 1. The highest BCUT2D eigenvalue weighted by atomic mass is 19.1. The second kappa shape index (κ2) is 6.21. The number of hydrogen-bond donors (Lipinski definition) is 2. The second-order valence-corrected chi connectivity index (χ2v) is 4.03. The smallest absolute Gasteiger partial charge is 0.276 e. The molecule has 110 valence electrons. The van der Waals surface area contributed by atoms with E-state index >= 15 is 0 Å². The van der Waals surface area contributed by atoms with E-state index in [9.17, 15) is 18.0 Å². The Hall–Kier alpha value is -2.64. The first kappa shape index (κ1) is 14.8. The molecule has 2 N–H and O–H groups in total. The summed E-state index contributed by atoms with van der Waals surface area (Å²) in [6.07, 6.45) is 0. The molecule has 1 heterocycles. The van der Waals surface area contributed by atoms with E-state index in [4.69, 9.17) is 0 Å². The Balaban J connectivity index is 2.18. The number of nitrogens with zero attached hydrogens (tertiary/aromatic N) is 2. The molecule has 0 aliphatic carbocycles. The van der Waals surface area contributed by atoms with Gasteiger partial charge in [-0.25, -0.2) is 13.2 Å². The van der Waals surface area contributed by atoms with Crippen molar-refractivity contribution in [3.05, 3.63) is 47.4 Å². The predicted molar refractivity (Wildman–Crippen MR) is 70.5 cm³/mol. The number of carbonyl (C=O) groups is 1. The summed E-state index contributed by atoms with van der Waals surface area (Å²) in [6.45, 7) is 2.49. The summed E-state index contributed by atoms with van der Waals surface area (Å²) in [4.78, 5) is 11.8. The summed E-state index contributed by atoms with van der Waals surface area (Å²) in [5, 5.41) is 12.2. The summed E-state index contributed by atoms with van der Waals surface area (Å²) < 4.78 is 39.6. The highest BCUT2D eigenvalue weighted by Gasteiger charge is 2.16. The van der Waals surface area contributed by atoms with Crippen LogP contribution in [0.3, 0.4) is 0 Å². The zero-order valence-corrected chi connectivity index (χ0v) is 11.0. The van der Waals surface area contributed by atoms with E-state index in [1.807, 2.05) is 12.2 Å². The summed E-state index contributed by atoms with van der Waals surface area (Å²) >= 11 is 0. The number of amides is 1. The van der Waals surface area contributed by atoms with Crippen molar-refractivity contribution in [1.29, 1.82) is 0 Å². The van der Waals surface area contributed by atoms with Gasteiger partial charge in [-0.15, -0.1) is 10.2 Å². The fraction of sp³-hybridized carbons (Fsp3) is 0.154. The normalized spacial score (nSPS) is 10.3. The molecule has 0 atom stereocenters. The van der Waals surface area contributed by atoms with E-state index in [0.717, 1.165) is 0 Å². The molecule has 21 heavy (non-hydrogen) atoms. The zero-order valence-electron chi connectivity index (χ0n) is 11.0. The maximum Gasteiger partial charge on any atom is 0.276 e. The first-order valence-corrected chi connectivity index (χ1v) is 6.04. The molecule has 0 aliphatic rings. The van der Waals surface area contributed by atoms with Crippen molar-refractivity contribution < 1.29 is 18.0 Å². The van der Waals surface area contributed by atoms with Gasteiger partial charge in [-0.1, -0.05) is 0 Å². The molecule has 0 saturated heterocycles. The first-order chi connectivity index (χ1) is 10.0. The fourth-order valence-corrected chi connectivity index (χ4v) is 1.57. The van der Waals surface area contributed by atoms with Crippen molar-refractivity contribution in [2.75, 3.05) is 17.2 Å².